The smallest absolute Gasteiger partial charge is 0.251 e. The fourth-order valence-corrected chi connectivity index (χ4v) is 5.59. The second-order valence-corrected chi connectivity index (χ2v) is 13.2. The molecule has 3 unspecified atom stereocenters. The van der Waals surface area contributed by atoms with Crippen LogP contribution < -0.4 is 11.1 Å². The summed E-state index contributed by atoms with van der Waals surface area (Å²) in [5.41, 5.74) is 5.37. The van der Waals surface area contributed by atoms with Gasteiger partial charge in [0.25, 0.3) is 5.91 Å². The van der Waals surface area contributed by atoms with Crippen LogP contribution in [0, 0.1) is 17.6 Å². The van der Waals surface area contributed by atoms with Crippen LogP contribution in [-0.4, -0.2) is 107 Å². The predicted molar refractivity (Wildman–Crippen MR) is 177 cm³/mol. The van der Waals surface area contributed by atoms with Gasteiger partial charge in [-0.3, -0.25) is 4.79 Å². The number of carbonyl (C=O) groups excluding carboxylic acids is 1. The lowest BCUT2D eigenvalue weighted by molar-refractivity contribution is -0.305. The third kappa shape index (κ3) is 15.0. The Labute approximate surface area is 284 Å². The number of amides is 1. The summed E-state index contributed by atoms with van der Waals surface area (Å²) in [5.74, 6) is -3.19. The van der Waals surface area contributed by atoms with Crippen molar-refractivity contribution in [3.8, 4) is 0 Å². The highest BCUT2D eigenvalue weighted by molar-refractivity contribution is 5.94. The van der Waals surface area contributed by atoms with Gasteiger partial charge in [0.1, 0.15) is 30.5 Å². The summed E-state index contributed by atoms with van der Waals surface area (Å²) < 4.78 is 44.2. The van der Waals surface area contributed by atoms with Crippen molar-refractivity contribution in [3.63, 3.8) is 0 Å². The van der Waals surface area contributed by atoms with Crippen molar-refractivity contribution in [1.29, 1.82) is 0 Å². The Hall–Kier alpha value is -1.81. The molecule has 2 rings (SSSR count). The molecule has 0 aliphatic carbocycles. The second kappa shape index (κ2) is 23.6. The molecule has 9 atom stereocenters. The van der Waals surface area contributed by atoms with Crippen LogP contribution in [0.3, 0.4) is 0 Å². The molecule has 11 nitrogen and oxygen atoms in total. The van der Waals surface area contributed by atoms with E-state index < -0.39 is 73.1 Å². The number of ether oxygens (including phenoxy) is 3. The maximum Gasteiger partial charge on any atom is 0.251 e. The van der Waals surface area contributed by atoms with E-state index in [0.717, 1.165) is 37.8 Å². The third-order valence-electron chi connectivity index (χ3n) is 8.85. The number of hydrogen-bond donors (Lipinski definition) is 7. The largest absolute Gasteiger partial charge is 0.390 e. The number of nitrogens with two attached hydrogens (primary N) is 1. The molecule has 278 valence electrons. The molecule has 0 spiro atoms. The Bertz CT molecular complexity index is 1030. The van der Waals surface area contributed by atoms with Crippen LogP contribution in [0.5, 0.6) is 0 Å². The van der Waals surface area contributed by atoms with E-state index in [2.05, 4.69) is 12.2 Å². The van der Waals surface area contributed by atoms with Crippen LogP contribution in [0.2, 0.25) is 0 Å². The number of aliphatic hydroxyl groups is 5. The normalized spacial score (nSPS) is 23.8. The number of hydrogen-bond acceptors (Lipinski definition) is 10. The first kappa shape index (κ1) is 42.4. The average molecular weight is 691 g/mol. The summed E-state index contributed by atoms with van der Waals surface area (Å²) in [6.07, 6.45) is 3.68. The molecular weight excluding hydrogens is 630 g/mol. The molecule has 1 aliphatic rings. The molecule has 0 bridgehead atoms. The van der Waals surface area contributed by atoms with Gasteiger partial charge in [0.05, 0.1) is 32.0 Å². The molecule has 0 saturated carbocycles. The second-order valence-electron chi connectivity index (χ2n) is 13.2. The lowest BCUT2D eigenvalue weighted by Crippen LogP contribution is -2.60. The van der Waals surface area contributed by atoms with Crippen LogP contribution in [0.25, 0.3) is 0 Å². The van der Waals surface area contributed by atoms with Crippen molar-refractivity contribution in [3.05, 3.63) is 35.4 Å². The number of carbonyl (C=O) groups is 1. The van der Waals surface area contributed by atoms with Crippen LogP contribution in [0.4, 0.5) is 8.78 Å². The van der Waals surface area contributed by atoms with Crippen LogP contribution in [-0.2, 0) is 14.2 Å². The zero-order chi connectivity index (χ0) is 35.5. The number of halogens is 2. The third-order valence-corrected chi connectivity index (χ3v) is 8.85. The van der Waals surface area contributed by atoms with Crippen molar-refractivity contribution in [2.45, 2.75) is 146 Å². The molecule has 0 aromatic heterocycles. The van der Waals surface area contributed by atoms with E-state index in [1.165, 1.54) is 44.9 Å². The predicted octanol–water partition coefficient (Wildman–Crippen LogP) is 3.31. The van der Waals surface area contributed by atoms with E-state index in [0.29, 0.717) is 19.0 Å². The van der Waals surface area contributed by atoms with Crippen LogP contribution in [0.1, 0.15) is 108 Å². The molecule has 1 aromatic carbocycles. The highest BCUT2D eigenvalue weighted by Crippen LogP contribution is 2.24. The van der Waals surface area contributed by atoms with Gasteiger partial charge in [-0.2, -0.15) is 0 Å². The average Bonchev–Trinajstić information content (AvgIpc) is 3.08. The van der Waals surface area contributed by atoms with Gasteiger partial charge in [0, 0.05) is 5.56 Å². The lowest BCUT2D eigenvalue weighted by atomic mass is 9.98. The van der Waals surface area contributed by atoms with E-state index in [-0.39, 0.29) is 31.1 Å². The fourth-order valence-electron chi connectivity index (χ4n) is 5.59. The molecule has 13 heteroatoms. The molecule has 1 fully saturated rings. The van der Waals surface area contributed by atoms with Gasteiger partial charge in [-0.1, -0.05) is 90.9 Å². The Balaban J connectivity index is 1.95. The van der Waals surface area contributed by atoms with Gasteiger partial charge < -0.3 is 50.8 Å². The first-order chi connectivity index (χ1) is 23.0. The van der Waals surface area contributed by atoms with Crippen molar-refractivity contribution in [2.75, 3.05) is 26.4 Å². The van der Waals surface area contributed by atoms with E-state index in [9.17, 15) is 39.1 Å². The SMILES string of the molecule is CCCCCCCCCCCCCC[C@@H](O)[C@@H](O)[C@H](CO[C@H]1OC(COCC(C)CN)[C@H](O)[C@H](O)C1O)NC(=O)c1ccc(F)c(F)c1. The van der Waals surface area contributed by atoms with Crippen molar-refractivity contribution in [1.82, 2.24) is 5.32 Å². The summed E-state index contributed by atoms with van der Waals surface area (Å²) in [6.45, 7) is 4.10. The lowest BCUT2D eigenvalue weighted by Gasteiger charge is -2.41. The van der Waals surface area contributed by atoms with Gasteiger partial charge in [-0.25, -0.2) is 8.78 Å². The van der Waals surface area contributed by atoms with E-state index in [4.69, 9.17) is 19.9 Å². The molecule has 0 radical (unpaired) electrons. The summed E-state index contributed by atoms with van der Waals surface area (Å²) in [4.78, 5) is 13.0. The maximum absolute atomic E-state index is 13.8. The minimum absolute atomic E-state index is 0.0371. The topological polar surface area (TPSA) is 184 Å². The first-order valence-corrected chi connectivity index (χ1v) is 17.7. The van der Waals surface area contributed by atoms with Crippen LogP contribution in [0.15, 0.2) is 18.2 Å². The van der Waals surface area contributed by atoms with Crippen molar-refractivity contribution in [2.24, 2.45) is 11.7 Å². The Morgan fingerprint density at radius 2 is 1.50 bits per heavy atom. The monoisotopic (exact) mass is 690 g/mol. The first-order valence-electron chi connectivity index (χ1n) is 17.7. The molecule has 1 saturated heterocycles. The van der Waals surface area contributed by atoms with Gasteiger partial charge in [-0.05, 0) is 37.1 Å². The number of nitrogens with one attached hydrogen (secondary N) is 1. The summed E-state index contributed by atoms with van der Waals surface area (Å²) >= 11 is 0. The van der Waals surface area contributed by atoms with Crippen molar-refractivity contribution >= 4 is 5.91 Å². The highest BCUT2D eigenvalue weighted by Gasteiger charge is 2.45. The molecule has 1 aliphatic heterocycles. The van der Waals surface area contributed by atoms with Crippen LogP contribution >= 0.6 is 0 Å². The standard InChI is InChI=1S/C35H60F2N2O9/c1-3-4-5-6-7-8-9-10-11-12-13-14-15-28(40)30(41)27(39-34(45)24-16-17-25(36)26(37)18-24)21-47-35-33(44)32(43)31(42)29(48-35)22-46-20-23(2)19-38/h16-18,23,27-33,35,40-44H,3-15,19-22,38H2,1-2H3,(H,39,45)/t23?,27-,28+,29?,30-,31-,32-,33?,35-/m0/s1. The molecule has 1 heterocycles. The van der Waals surface area contributed by atoms with Gasteiger partial charge in [0.2, 0.25) is 0 Å². The quantitative estimate of drug-likeness (QED) is 0.0752. The Morgan fingerprint density at radius 1 is 0.896 bits per heavy atom. The van der Waals surface area contributed by atoms with Gasteiger partial charge in [0.15, 0.2) is 17.9 Å². The molecule has 1 amide bonds. The number of rotatable bonds is 25. The van der Waals surface area contributed by atoms with E-state index in [1.54, 1.807) is 0 Å². The summed E-state index contributed by atoms with van der Waals surface area (Å²) in [5, 5.41) is 55.8. The summed E-state index contributed by atoms with van der Waals surface area (Å²) in [7, 11) is 0. The minimum Gasteiger partial charge on any atom is -0.390 e. The fraction of sp³-hybridized carbons (Fsp3) is 0.800. The van der Waals surface area contributed by atoms with Gasteiger partial charge in [-0.15, -0.1) is 0 Å². The zero-order valence-corrected chi connectivity index (χ0v) is 28.7. The Morgan fingerprint density at radius 3 is 2.08 bits per heavy atom. The molecule has 8 N–H and O–H groups in total. The number of aliphatic hydroxyl groups excluding tert-OH is 5. The van der Waals surface area contributed by atoms with Crippen molar-refractivity contribution < 1.29 is 53.3 Å². The van der Waals surface area contributed by atoms with E-state index >= 15 is 0 Å². The summed E-state index contributed by atoms with van der Waals surface area (Å²) in [6, 6.07) is 1.30. The molecule has 48 heavy (non-hydrogen) atoms. The molecule has 1 aromatic rings. The number of unbranched alkanes of at least 4 members (excludes halogenated alkanes) is 11. The van der Waals surface area contributed by atoms with Gasteiger partial charge >= 0.3 is 0 Å². The zero-order valence-electron chi connectivity index (χ0n) is 28.7. The van der Waals surface area contributed by atoms with E-state index in [1.807, 2.05) is 6.92 Å². The Kier molecular flexibility index (Phi) is 20.8. The maximum atomic E-state index is 13.8. The minimum atomic E-state index is -1.69. The molecular formula is C35H60F2N2O9. The number of benzene rings is 1. The highest BCUT2D eigenvalue weighted by atomic mass is 19.2.